The Kier molecular flexibility index (Phi) is 13.5. The number of allylic oxidation sites excluding steroid dienone is 7. The number of carboxylic acid groups (broad SMARTS) is 1. The number of carbonyl (C=O) groups excluding carboxylic acids is 1. The number of nitrogens with zero attached hydrogens (tertiary/aromatic N) is 1. The standard InChI is InChI=1S/C38H39Cl2N3O5/c1-3-4-19-43(20-18-27-8-13-30(39)25-31(40)21-27)37(41)35(42-36(44)24-28-6-5-7-34(22-28)47-2)23-26-9-14-32(15-10-26)48-33-16-11-29(12-17-33)38(45)46/h5-18,20,22,25,35,41H,3-4,19,21,23-24H2,1-2H3,(H,42,44)(H,45,46)/b20-18+,41-37?. The number of unbranched alkanes of at least 4 members (excludes halogenated alkanes) is 1. The van der Waals surface area contributed by atoms with Gasteiger partial charge in [-0.3, -0.25) is 10.2 Å². The van der Waals surface area contributed by atoms with E-state index in [9.17, 15) is 15.0 Å². The lowest BCUT2D eigenvalue weighted by molar-refractivity contribution is -0.120. The van der Waals surface area contributed by atoms with Crippen molar-refractivity contribution in [2.45, 2.75) is 45.1 Å². The number of amides is 1. The van der Waals surface area contributed by atoms with Crippen molar-refractivity contribution in [2.24, 2.45) is 0 Å². The van der Waals surface area contributed by atoms with Gasteiger partial charge in [0.05, 0.1) is 25.1 Å². The summed E-state index contributed by atoms with van der Waals surface area (Å²) >= 11 is 12.5. The largest absolute Gasteiger partial charge is 0.497 e. The third kappa shape index (κ3) is 11.2. The van der Waals surface area contributed by atoms with Crippen LogP contribution < -0.4 is 14.8 Å². The number of methoxy groups -OCH3 is 1. The maximum absolute atomic E-state index is 13.4. The van der Waals surface area contributed by atoms with Gasteiger partial charge in [0.2, 0.25) is 5.91 Å². The van der Waals surface area contributed by atoms with Crippen LogP contribution in [0.3, 0.4) is 0 Å². The first-order chi connectivity index (χ1) is 23.1. The molecule has 0 heterocycles. The van der Waals surface area contributed by atoms with Crippen molar-refractivity contribution >= 4 is 40.9 Å². The summed E-state index contributed by atoms with van der Waals surface area (Å²) in [5, 5.41) is 22.7. The first-order valence-corrected chi connectivity index (χ1v) is 16.4. The van der Waals surface area contributed by atoms with E-state index in [-0.39, 0.29) is 23.7 Å². The molecule has 0 aliphatic heterocycles. The first kappa shape index (κ1) is 36.1. The lowest BCUT2D eigenvalue weighted by Gasteiger charge is -2.28. The number of hydrogen-bond acceptors (Lipinski definition) is 5. The third-order valence-electron chi connectivity index (χ3n) is 7.52. The summed E-state index contributed by atoms with van der Waals surface area (Å²) in [6.07, 6.45) is 12.0. The van der Waals surface area contributed by atoms with E-state index >= 15 is 0 Å². The molecule has 250 valence electrons. The van der Waals surface area contributed by atoms with E-state index in [1.165, 1.54) is 12.1 Å². The Balaban J connectivity index is 1.55. The van der Waals surface area contributed by atoms with Crippen molar-refractivity contribution < 1.29 is 24.2 Å². The summed E-state index contributed by atoms with van der Waals surface area (Å²) in [5.74, 6) is 0.776. The van der Waals surface area contributed by atoms with Crippen LogP contribution in [0.25, 0.3) is 0 Å². The minimum Gasteiger partial charge on any atom is -0.497 e. The number of halogens is 2. The number of rotatable bonds is 15. The molecule has 3 N–H and O–H groups in total. The number of hydrogen-bond donors (Lipinski definition) is 3. The molecule has 8 nitrogen and oxygen atoms in total. The van der Waals surface area contributed by atoms with Gasteiger partial charge in [-0.25, -0.2) is 4.79 Å². The van der Waals surface area contributed by atoms with Crippen molar-refractivity contribution in [1.82, 2.24) is 10.2 Å². The van der Waals surface area contributed by atoms with E-state index in [4.69, 9.17) is 37.8 Å². The lowest BCUT2D eigenvalue weighted by Crippen LogP contribution is -2.48. The van der Waals surface area contributed by atoms with Crippen molar-refractivity contribution in [2.75, 3.05) is 13.7 Å². The fraction of sp³-hybridized carbons (Fsp3) is 0.237. The predicted octanol–water partition coefficient (Wildman–Crippen LogP) is 8.62. The van der Waals surface area contributed by atoms with Gasteiger partial charge in [-0.1, -0.05) is 66.9 Å². The molecule has 0 radical (unpaired) electrons. The Morgan fingerprint density at radius 2 is 1.71 bits per heavy atom. The van der Waals surface area contributed by atoms with E-state index in [2.05, 4.69) is 12.2 Å². The Morgan fingerprint density at radius 1 is 1.00 bits per heavy atom. The minimum atomic E-state index is -1.00. The molecule has 1 aliphatic carbocycles. The van der Waals surface area contributed by atoms with Gasteiger partial charge >= 0.3 is 5.97 Å². The molecule has 1 atom stereocenters. The molecule has 3 aromatic carbocycles. The molecule has 1 aliphatic rings. The minimum absolute atomic E-state index is 0.129. The molecule has 1 unspecified atom stereocenters. The van der Waals surface area contributed by atoms with Crippen LogP contribution in [0.15, 0.2) is 119 Å². The molecule has 0 fully saturated rings. The summed E-state index contributed by atoms with van der Waals surface area (Å²) in [7, 11) is 1.58. The lowest BCUT2D eigenvalue weighted by atomic mass is 10.0. The van der Waals surface area contributed by atoms with Gasteiger partial charge in [0, 0.05) is 29.2 Å². The number of amidine groups is 1. The zero-order valence-electron chi connectivity index (χ0n) is 26.9. The van der Waals surface area contributed by atoms with Gasteiger partial charge in [-0.05, 0) is 96.3 Å². The molecule has 10 heteroatoms. The van der Waals surface area contributed by atoms with Gasteiger partial charge in [0.25, 0.3) is 0 Å². The Labute approximate surface area is 291 Å². The van der Waals surface area contributed by atoms with Gasteiger partial charge in [-0.2, -0.15) is 0 Å². The highest BCUT2D eigenvalue weighted by Crippen LogP contribution is 2.25. The van der Waals surface area contributed by atoms with E-state index < -0.39 is 12.0 Å². The van der Waals surface area contributed by atoms with Gasteiger partial charge < -0.3 is 24.8 Å². The summed E-state index contributed by atoms with van der Waals surface area (Å²) < 4.78 is 11.2. The molecule has 4 rings (SSSR count). The van der Waals surface area contributed by atoms with Crippen LogP contribution in [-0.4, -0.2) is 47.4 Å². The van der Waals surface area contributed by atoms with Crippen LogP contribution in [0.1, 0.15) is 47.7 Å². The highest BCUT2D eigenvalue weighted by atomic mass is 35.5. The number of aromatic carboxylic acids is 1. The fourth-order valence-electron chi connectivity index (χ4n) is 4.95. The van der Waals surface area contributed by atoms with Crippen molar-refractivity contribution in [3.8, 4) is 17.2 Å². The van der Waals surface area contributed by atoms with Crippen molar-refractivity contribution in [3.05, 3.63) is 136 Å². The zero-order valence-corrected chi connectivity index (χ0v) is 28.4. The van der Waals surface area contributed by atoms with Crippen LogP contribution in [0.4, 0.5) is 0 Å². The SMILES string of the molecule is CCCCN(/C=C/C1=CC=C(Cl)C=C(Cl)C1)C(=N)C(Cc1ccc(Oc2ccc(C(=O)O)cc2)cc1)NC(=O)Cc1cccc(OC)c1. The number of benzene rings is 3. The van der Waals surface area contributed by atoms with Crippen LogP contribution >= 0.6 is 23.2 Å². The predicted molar refractivity (Wildman–Crippen MR) is 191 cm³/mol. The second-order valence-electron chi connectivity index (χ2n) is 11.2. The van der Waals surface area contributed by atoms with E-state index in [1.807, 2.05) is 71.8 Å². The molecule has 0 bridgehead atoms. The second kappa shape index (κ2) is 17.9. The van der Waals surface area contributed by atoms with E-state index in [0.29, 0.717) is 46.7 Å². The van der Waals surface area contributed by atoms with Gasteiger partial charge in [-0.15, -0.1) is 0 Å². The Morgan fingerprint density at radius 3 is 2.38 bits per heavy atom. The van der Waals surface area contributed by atoms with E-state index in [1.54, 1.807) is 31.4 Å². The zero-order chi connectivity index (χ0) is 34.5. The summed E-state index contributed by atoms with van der Waals surface area (Å²) in [6.45, 7) is 2.68. The average Bonchev–Trinajstić information content (AvgIpc) is 3.24. The third-order valence-corrected chi connectivity index (χ3v) is 8.00. The van der Waals surface area contributed by atoms with Gasteiger partial charge in [0.15, 0.2) is 0 Å². The molecule has 0 saturated carbocycles. The molecular formula is C38H39Cl2N3O5. The highest BCUT2D eigenvalue weighted by Gasteiger charge is 2.23. The topological polar surface area (TPSA) is 112 Å². The molecule has 0 aromatic heterocycles. The van der Waals surface area contributed by atoms with Crippen LogP contribution in [-0.2, 0) is 17.6 Å². The summed E-state index contributed by atoms with van der Waals surface area (Å²) in [5.41, 5.74) is 2.81. The first-order valence-electron chi connectivity index (χ1n) is 15.6. The number of carboxylic acids is 1. The average molecular weight is 689 g/mol. The van der Waals surface area contributed by atoms with Crippen LogP contribution in [0.5, 0.6) is 17.2 Å². The van der Waals surface area contributed by atoms with Crippen LogP contribution in [0.2, 0.25) is 0 Å². The molecule has 48 heavy (non-hydrogen) atoms. The molecular weight excluding hydrogens is 649 g/mol. The van der Waals surface area contributed by atoms with Crippen molar-refractivity contribution in [3.63, 3.8) is 0 Å². The summed E-state index contributed by atoms with van der Waals surface area (Å²) in [4.78, 5) is 26.4. The molecule has 0 saturated heterocycles. The van der Waals surface area contributed by atoms with Crippen molar-refractivity contribution in [1.29, 1.82) is 5.41 Å². The van der Waals surface area contributed by atoms with E-state index in [0.717, 1.165) is 29.5 Å². The number of ether oxygens (including phenoxy) is 2. The second-order valence-corrected chi connectivity index (χ2v) is 12.2. The molecule has 1 amide bonds. The normalized spacial score (nSPS) is 13.5. The Bertz CT molecular complexity index is 1710. The highest BCUT2D eigenvalue weighted by molar-refractivity contribution is 6.34. The molecule has 0 spiro atoms. The molecule has 3 aromatic rings. The fourth-order valence-corrected chi connectivity index (χ4v) is 5.48. The Hall–Kier alpha value is -4.79. The quantitative estimate of drug-likeness (QED) is 0.109. The monoisotopic (exact) mass is 687 g/mol. The number of nitrogens with one attached hydrogen (secondary N) is 2. The number of carbonyl (C=O) groups is 2. The maximum atomic E-state index is 13.4. The maximum Gasteiger partial charge on any atom is 0.335 e. The van der Waals surface area contributed by atoms with Crippen LogP contribution in [0, 0.1) is 5.41 Å². The smallest absolute Gasteiger partial charge is 0.335 e. The van der Waals surface area contributed by atoms with Gasteiger partial charge in [0.1, 0.15) is 23.1 Å². The summed E-state index contributed by atoms with van der Waals surface area (Å²) in [6, 6.07) is 20.3.